The number of aryl methyl sites for hydroxylation is 1. The Hall–Kier alpha value is -2.17. The van der Waals surface area contributed by atoms with Gasteiger partial charge in [-0.25, -0.2) is 4.79 Å². The third kappa shape index (κ3) is 7.58. The first-order valence-corrected chi connectivity index (χ1v) is 7.87. The van der Waals surface area contributed by atoms with Crippen molar-refractivity contribution in [2.75, 3.05) is 0 Å². The highest BCUT2D eigenvalue weighted by Gasteiger charge is 2.21. The fourth-order valence-electron chi connectivity index (χ4n) is 2.23. The topological polar surface area (TPSA) is 83.5 Å². The summed E-state index contributed by atoms with van der Waals surface area (Å²) in [4.78, 5) is 34.8. The molecule has 23 heavy (non-hydrogen) atoms. The summed E-state index contributed by atoms with van der Waals surface area (Å²) in [5, 5.41) is 11.6. The van der Waals surface area contributed by atoms with Crippen molar-refractivity contribution in [1.29, 1.82) is 0 Å². The highest BCUT2D eigenvalue weighted by Crippen LogP contribution is 2.08. The Morgan fingerprint density at radius 1 is 1.09 bits per heavy atom. The van der Waals surface area contributed by atoms with Gasteiger partial charge in [-0.05, 0) is 24.8 Å². The number of Topliss-reactive ketones (excluding diaryl/α,β-unsaturated/α-hetero) is 1. The summed E-state index contributed by atoms with van der Waals surface area (Å²) in [6.07, 6.45) is 0.806. The number of carbonyl (C=O) groups excluding carboxylic acids is 2. The highest BCUT2D eigenvalue weighted by atomic mass is 16.4. The van der Waals surface area contributed by atoms with Crippen molar-refractivity contribution in [1.82, 2.24) is 5.32 Å². The van der Waals surface area contributed by atoms with Gasteiger partial charge in [0.25, 0.3) is 0 Å². The van der Waals surface area contributed by atoms with E-state index in [1.807, 2.05) is 45.0 Å². The maximum Gasteiger partial charge on any atom is 0.326 e. The Bertz CT molecular complexity index is 549. The molecule has 1 rings (SSSR count). The molecule has 2 N–H and O–H groups in total. The lowest BCUT2D eigenvalue weighted by molar-refractivity contribution is -0.142. The molecule has 1 amide bonds. The summed E-state index contributed by atoms with van der Waals surface area (Å²) in [6, 6.07) is 6.79. The van der Waals surface area contributed by atoms with Crippen LogP contribution in [0.15, 0.2) is 24.3 Å². The Morgan fingerprint density at radius 2 is 1.70 bits per heavy atom. The lowest BCUT2D eigenvalue weighted by Gasteiger charge is -2.16. The van der Waals surface area contributed by atoms with Crippen molar-refractivity contribution in [3.63, 3.8) is 0 Å². The molecule has 5 heteroatoms. The van der Waals surface area contributed by atoms with Gasteiger partial charge in [0.1, 0.15) is 11.8 Å². The molecule has 0 bridgehead atoms. The standard InChI is InChI=1S/C18H25NO4/c1-12(2)10-16(18(22)23)19-17(21)9-8-15(20)11-14-6-4-13(3)5-7-14/h4-7,12,16H,8-11H2,1-3H3,(H,19,21)(H,22,23)/t16-/m0/s1. The highest BCUT2D eigenvalue weighted by molar-refractivity contribution is 5.88. The van der Waals surface area contributed by atoms with Gasteiger partial charge in [0, 0.05) is 19.3 Å². The van der Waals surface area contributed by atoms with Crippen LogP contribution < -0.4 is 5.32 Å². The van der Waals surface area contributed by atoms with Gasteiger partial charge in [-0.3, -0.25) is 9.59 Å². The molecule has 0 unspecified atom stereocenters. The van der Waals surface area contributed by atoms with Crippen LogP contribution in [0.4, 0.5) is 0 Å². The van der Waals surface area contributed by atoms with Crippen molar-refractivity contribution in [3.05, 3.63) is 35.4 Å². The smallest absolute Gasteiger partial charge is 0.326 e. The molecule has 0 saturated carbocycles. The number of nitrogens with one attached hydrogen (secondary N) is 1. The molecule has 126 valence electrons. The molecular formula is C18H25NO4. The van der Waals surface area contributed by atoms with Crippen LogP contribution in [-0.2, 0) is 20.8 Å². The largest absolute Gasteiger partial charge is 0.480 e. The van der Waals surface area contributed by atoms with Gasteiger partial charge in [0.05, 0.1) is 0 Å². The minimum absolute atomic E-state index is 0.0204. The summed E-state index contributed by atoms with van der Waals surface area (Å²) in [7, 11) is 0. The monoisotopic (exact) mass is 319 g/mol. The number of hydrogen-bond donors (Lipinski definition) is 2. The first-order chi connectivity index (χ1) is 10.8. The molecule has 1 aromatic carbocycles. The quantitative estimate of drug-likeness (QED) is 0.732. The first-order valence-electron chi connectivity index (χ1n) is 7.87. The van der Waals surface area contributed by atoms with Gasteiger partial charge in [-0.1, -0.05) is 43.7 Å². The molecule has 0 aromatic heterocycles. The fourth-order valence-corrected chi connectivity index (χ4v) is 2.23. The van der Waals surface area contributed by atoms with Crippen LogP contribution in [-0.4, -0.2) is 28.8 Å². The summed E-state index contributed by atoms with van der Waals surface area (Å²) in [6.45, 7) is 5.77. The van der Waals surface area contributed by atoms with Crippen LogP contribution in [0.3, 0.4) is 0 Å². The van der Waals surface area contributed by atoms with Crippen LogP contribution in [0.1, 0.15) is 44.2 Å². The van der Waals surface area contributed by atoms with Crippen LogP contribution in [0.25, 0.3) is 0 Å². The molecule has 0 aliphatic rings. The van der Waals surface area contributed by atoms with E-state index in [9.17, 15) is 14.4 Å². The van der Waals surface area contributed by atoms with E-state index in [1.165, 1.54) is 0 Å². The average molecular weight is 319 g/mol. The van der Waals surface area contributed by atoms with Crippen molar-refractivity contribution in [2.24, 2.45) is 5.92 Å². The minimum atomic E-state index is -1.04. The van der Waals surface area contributed by atoms with Crippen molar-refractivity contribution in [2.45, 2.75) is 52.5 Å². The van der Waals surface area contributed by atoms with E-state index in [0.717, 1.165) is 11.1 Å². The number of carbonyl (C=O) groups is 3. The van der Waals surface area contributed by atoms with Crippen molar-refractivity contribution in [3.8, 4) is 0 Å². The molecule has 0 spiro atoms. The Balaban J connectivity index is 2.40. The predicted octanol–water partition coefficient (Wildman–Crippen LogP) is 2.50. The average Bonchev–Trinajstić information content (AvgIpc) is 2.46. The maximum absolute atomic E-state index is 11.9. The van der Waals surface area contributed by atoms with Gasteiger partial charge in [-0.2, -0.15) is 0 Å². The van der Waals surface area contributed by atoms with Gasteiger partial charge >= 0.3 is 5.97 Å². The molecule has 0 fully saturated rings. The van der Waals surface area contributed by atoms with Crippen LogP contribution >= 0.6 is 0 Å². The molecule has 1 aromatic rings. The van der Waals surface area contributed by atoms with Crippen molar-refractivity contribution < 1.29 is 19.5 Å². The van der Waals surface area contributed by atoms with Crippen LogP contribution in [0.5, 0.6) is 0 Å². The molecular weight excluding hydrogens is 294 g/mol. The first kappa shape index (κ1) is 18.9. The molecule has 5 nitrogen and oxygen atoms in total. The van der Waals surface area contributed by atoms with E-state index in [4.69, 9.17) is 5.11 Å². The Labute approximate surface area is 137 Å². The predicted molar refractivity (Wildman–Crippen MR) is 88.1 cm³/mol. The van der Waals surface area contributed by atoms with E-state index in [2.05, 4.69) is 5.32 Å². The van der Waals surface area contributed by atoms with Gasteiger partial charge in [0.15, 0.2) is 0 Å². The fraction of sp³-hybridized carbons (Fsp3) is 0.500. The summed E-state index contributed by atoms with van der Waals surface area (Å²) < 4.78 is 0. The number of benzene rings is 1. The number of ketones is 1. The van der Waals surface area contributed by atoms with Gasteiger partial charge < -0.3 is 10.4 Å². The number of amides is 1. The zero-order chi connectivity index (χ0) is 17.4. The molecule has 0 saturated heterocycles. The summed E-state index contributed by atoms with van der Waals surface area (Å²) in [5.74, 6) is -1.30. The van der Waals surface area contributed by atoms with E-state index < -0.39 is 17.9 Å². The van der Waals surface area contributed by atoms with Crippen LogP contribution in [0.2, 0.25) is 0 Å². The normalized spacial score (nSPS) is 12.0. The number of hydrogen-bond acceptors (Lipinski definition) is 3. The van der Waals surface area contributed by atoms with E-state index in [-0.39, 0.29) is 24.5 Å². The van der Waals surface area contributed by atoms with E-state index in [1.54, 1.807) is 0 Å². The number of rotatable bonds is 9. The SMILES string of the molecule is Cc1ccc(CC(=O)CCC(=O)N[C@@H](CC(C)C)C(=O)O)cc1. The second-order valence-electron chi connectivity index (χ2n) is 6.29. The van der Waals surface area contributed by atoms with Gasteiger partial charge in [0.2, 0.25) is 5.91 Å². The lowest BCUT2D eigenvalue weighted by Crippen LogP contribution is -2.41. The number of carboxylic acid groups (broad SMARTS) is 1. The zero-order valence-electron chi connectivity index (χ0n) is 14.0. The maximum atomic E-state index is 11.9. The Kier molecular flexibility index (Phi) is 7.45. The molecule has 0 radical (unpaired) electrons. The lowest BCUT2D eigenvalue weighted by atomic mass is 10.0. The molecule has 1 atom stereocenters. The number of aliphatic carboxylic acids is 1. The van der Waals surface area contributed by atoms with Gasteiger partial charge in [-0.15, -0.1) is 0 Å². The molecule has 0 aliphatic heterocycles. The third-order valence-electron chi connectivity index (χ3n) is 3.49. The van der Waals surface area contributed by atoms with Crippen molar-refractivity contribution >= 4 is 17.7 Å². The summed E-state index contributed by atoms with van der Waals surface area (Å²) >= 11 is 0. The summed E-state index contributed by atoms with van der Waals surface area (Å²) in [5.41, 5.74) is 2.05. The second-order valence-corrected chi connectivity index (χ2v) is 6.29. The minimum Gasteiger partial charge on any atom is -0.480 e. The second kappa shape index (κ2) is 9.08. The van der Waals surface area contributed by atoms with E-state index >= 15 is 0 Å². The Morgan fingerprint density at radius 3 is 2.22 bits per heavy atom. The third-order valence-corrected chi connectivity index (χ3v) is 3.49. The molecule has 0 heterocycles. The number of carboxylic acids is 1. The van der Waals surface area contributed by atoms with Crippen LogP contribution in [0, 0.1) is 12.8 Å². The zero-order valence-corrected chi connectivity index (χ0v) is 14.0. The molecule has 0 aliphatic carbocycles. The van der Waals surface area contributed by atoms with E-state index in [0.29, 0.717) is 12.8 Å².